The maximum absolute atomic E-state index is 13.3. The number of carbonyl (C=O) groups excluding carboxylic acids is 1. The molecule has 9 heteroatoms. The fourth-order valence-electron chi connectivity index (χ4n) is 2.27. The number of nitriles is 1. The summed E-state index contributed by atoms with van der Waals surface area (Å²) in [6, 6.07) is 10.0. The summed E-state index contributed by atoms with van der Waals surface area (Å²) in [5, 5.41) is 13.4. The Hall–Kier alpha value is -3.51. The number of nitrogens with zero attached hydrogens (tertiary/aromatic N) is 2. The number of thiazole rings is 1. The predicted molar refractivity (Wildman–Crippen MR) is 99.3 cm³/mol. The van der Waals surface area contributed by atoms with E-state index in [9.17, 15) is 13.6 Å². The van der Waals surface area contributed by atoms with Gasteiger partial charge in [-0.3, -0.25) is 10.1 Å². The molecule has 1 amide bonds. The highest BCUT2D eigenvalue weighted by atomic mass is 32.1. The summed E-state index contributed by atoms with van der Waals surface area (Å²) < 4.78 is 36.9. The molecule has 1 aromatic heterocycles. The molecule has 142 valence electrons. The second kappa shape index (κ2) is 8.45. The first kappa shape index (κ1) is 19.3. The van der Waals surface area contributed by atoms with Gasteiger partial charge in [0.15, 0.2) is 34.9 Å². The molecule has 2 aromatic carbocycles. The summed E-state index contributed by atoms with van der Waals surface area (Å²) in [6.07, 6.45) is 0. The van der Waals surface area contributed by atoms with E-state index < -0.39 is 17.5 Å². The van der Waals surface area contributed by atoms with Crippen LogP contribution in [0.1, 0.15) is 5.56 Å². The van der Waals surface area contributed by atoms with E-state index in [4.69, 9.17) is 14.7 Å². The quantitative estimate of drug-likeness (QED) is 0.675. The van der Waals surface area contributed by atoms with Crippen LogP contribution in [0.25, 0.3) is 11.3 Å². The topological polar surface area (TPSA) is 84.2 Å². The van der Waals surface area contributed by atoms with Crippen molar-refractivity contribution >= 4 is 22.4 Å². The van der Waals surface area contributed by atoms with Crippen LogP contribution < -0.4 is 14.8 Å². The van der Waals surface area contributed by atoms with Gasteiger partial charge in [0.1, 0.15) is 0 Å². The summed E-state index contributed by atoms with van der Waals surface area (Å²) >= 11 is 1.14. The van der Waals surface area contributed by atoms with Crippen LogP contribution in [0.15, 0.2) is 41.8 Å². The van der Waals surface area contributed by atoms with Crippen molar-refractivity contribution in [3.8, 4) is 28.8 Å². The number of ether oxygens (including phenoxy) is 2. The fourth-order valence-corrected chi connectivity index (χ4v) is 3.01. The molecular formula is C19H13F2N3O3S. The normalized spacial score (nSPS) is 10.2. The number of methoxy groups -OCH3 is 1. The second-order valence-electron chi connectivity index (χ2n) is 5.48. The molecule has 3 rings (SSSR count). The summed E-state index contributed by atoms with van der Waals surface area (Å²) in [5.41, 5.74) is 1.21. The van der Waals surface area contributed by atoms with Crippen molar-refractivity contribution in [1.29, 1.82) is 5.26 Å². The van der Waals surface area contributed by atoms with Gasteiger partial charge in [-0.15, -0.1) is 11.3 Å². The highest BCUT2D eigenvalue weighted by Gasteiger charge is 2.12. The third kappa shape index (κ3) is 4.42. The number of carbonyl (C=O) groups is 1. The van der Waals surface area contributed by atoms with Gasteiger partial charge in [0.05, 0.1) is 24.4 Å². The Morgan fingerprint density at radius 3 is 2.75 bits per heavy atom. The van der Waals surface area contributed by atoms with Crippen molar-refractivity contribution in [3.63, 3.8) is 0 Å². The van der Waals surface area contributed by atoms with Crippen molar-refractivity contribution in [2.45, 2.75) is 0 Å². The lowest BCUT2D eigenvalue weighted by Crippen LogP contribution is -2.20. The molecule has 0 aliphatic rings. The lowest BCUT2D eigenvalue weighted by atomic mass is 10.2. The number of rotatable bonds is 6. The number of amides is 1. The molecule has 1 heterocycles. The minimum absolute atomic E-state index is 0.292. The van der Waals surface area contributed by atoms with Gasteiger partial charge < -0.3 is 9.47 Å². The first-order valence-electron chi connectivity index (χ1n) is 7.92. The molecule has 28 heavy (non-hydrogen) atoms. The Bertz CT molecular complexity index is 1060. The van der Waals surface area contributed by atoms with Gasteiger partial charge in [-0.05, 0) is 30.3 Å². The van der Waals surface area contributed by atoms with Gasteiger partial charge in [0.25, 0.3) is 5.91 Å². The first-order chi connectivity index (χ1) is 13.5. The van der Waals surface area contributed by atoms with Crippen LogP contribution in [0, 0.1) is 23.0 Å². The van der Waals surface area contributed by atoms with E-state index in [0.29, 0.717) is 33.5 Å². The number of benzene rings is 2. The second-order valence-corrected chi connectivity index (χ2v) is 6.34. The molecule has 0 radical (unpaired) electrons. The molecule has 0 fully saturated rings. The predicted octanol–water partition coefficient (Wildman–Crippen LogP) is 3.99. The molecule has 1 N–H and O–H groups in total. The Balaban J connectivity index is 1.62. The van der Waals surface area contributed by atoms with Crippen LogP contribution >= 0.6 is 11.3 Å². The van der Waals surface area contributed by atoms with Gasteiger partial charge in [0.2, 0.25) is 0 Å². The van der Waals surface area contributed by atoms with E-state index in [1.54, 1.807) is 11.4 Å². The largest absolute Gasteiger partial charge is 0.493 e. The molecule has 3 aromatic rings. The highest BCUT2D eigenvalue weighted by molar-refractivity contribution is 7.14. The van der Waals surface area contributed by atoms with Crippen LogP contribution in [0.5, 0.6) is 11.5 Å². The maximum Gasteiger partial charge on any atom is 0.264 e. The van der Waals surface area contributed by atoms with E-state index in [0.717, 1.165) is 23.5 Å². The van der Waals surface area contributed by atoms with E-state index in [1.165, 1.54) is 25.3 Å². The maximum atomic E-state index is 13.3. The standard InChI is InChI=1S/C19H13F2N3O3S/c1-26-17-6-11(8-22)2-5-16(17)27-9-18(25)24-19-23-15(10-28-19)12-3-4-13(20)14(21)7-12/h2-7,10H,9H2,1H3,(H,23,24,25). The molecule has 6 nitrogen and oxygen atoms in total. The van der Waals surface area contributed by atoms with Gasteiger partial charge >= 0.3 is 0 Å². The summed E-state index contributed by atoms with van der Waals surface area (Å²) in [4.78, 5) is 16.3. The van der Waals surface area contributed by atoms with Gasteiger partial charge in [0, 0.05) is 17.0 Å². The van der Waals surface area contributed by atoms with Crippen molar-refractivity contribution in [2.24, 2.45) is 0 Å². The molecule has 0 aliphatic carbocycles. The average molecular weight is 401 g/mol. The fraction of sp³-hybridized carbons (Fsp3) is 0.105. The monoisotopic (exact) mass is 401 g/mol. The van der Waals surface area contributed by atoms with Gasteiger partial charge in [-0.2, -0.15) is 5.26 Å². The lowest BCUT2D eigenvalue weighted by molar-refractivity contribution is -0.118. The van der Waals surface area contributed by atoms with Crippen molar-refractivity contribution in [3.05, 3.63) is 59.0 Å². The highest BCUT2D eigenvalue weighted by Crippen LogP contribution is 2.28. The third-order valence-electron chi connectivity index (χ3n) is 3.62. The van der Waals surface area contributed by atoms with E-state index in [1.807, 2.05) is 6.07 Å². The van der Waals surface area contributed by atoms with Crippen molar-refractivity contribution in [1.82, 2.24) is 4.98 Å². The minimum Gasteiger partial charge on any atom is -0.493 e. The molecule has 0 atom stereocenters. The van der Waals surface area contributed by atoms with Crippen LogP contribution in [0.4, 0.5) is 13.9 Å². The van der Waals surface area contributed by atoms with Crippen LogP contribution in [0.2, 0.25) is 0 Å². The van der Waals surface area contributed by atoms with E-state index in [2.05, 4.69) is 10.3 Å². The molecule has 0 bridgehead atoms. The van der Waals surface area contributed by atoms with Crippen LogP contribution in [-0.4, -0.2) is 24.6 Å². The number of nitrogens with one attached hydrogen (secondary N) is 1. The van der Waals surface area contributed by atoms with Gasteiger partial charge in [-0.1, -0.05) is 0 Å². The van der Waals surface area contributed by atoms with Crippen LogP contribution in [0.3, 0.4) is 0 Å². The van der Waals surface area contributed by atoms with Gasteiger partial charge in [-0.25, -0.2) is 13.8 Å². The summed E-state index contributed by atoms with van der Waals surface area (Å²) in [6.45, 7) is -0.303. The summed E-state index contributed by atoms with van der Waals surface area (Å²) in [5.74, 6) is -1.72. The number of halogens is 2. The smallest absolute Gasteiger partial charge is 0.264 e. The molecule has 0 unspecified atom stereocenters. The number of hydrogen-bond acceptors (Lipinski definition) is 6. The van der Waals surface area contributed by atoms with Crippen molar-refractivity contribution < 1.29 is 23.0 Å². The molecule has 0 spiro atoms. The number of anilines is 1. The van der Waals surface area contributed by atoms with Crippen LogP contribution in [-0.2, 0) is 4.79 Å². The van der Waals surface area contributed by atoms with E-state index >= 15 is 0 Å². The Labute approximate surface area is 163 Å². The third-order valence-corrected chi connectivity index (χ3v) is 4.38. The zero-order chi connectivity index (χ0) is 20.1. The molecule has 0 aliphatic heterocycles. The average Bonchev–Trinajstić information content (AvgIpc) is 3.16. The minimum atomic E-state index is -0.971. The van der Waals surface area contributed by atoms with E-state index in [-0.39, 0.29) is 6.61 Å². The summed E-state index contributed by atoms with van der Waals surface area (Å²) in [7, 11) is 1.43. The lowest BCUT2D eigenvalue weighted by Gasteiger charge is -2.10. The molecule has 0 saturated heterocycles. The SMILES string of the molecule is COc1cc(C#N)ccc1OCC(=O)Nc1nc(-c2ccc(F)c(F)c2)cs1. The Morgan fingerprint density at radius 1 is 1.21 bits per heavy atom. The first-order valence-corrected chi connectivity index (χ1v) is 8.80. The Kier molecular flexibility index (Phi) is 5.81. The number of hydrogen-bond donors (Lipinski definition) is 1. The van der Waals surface area contributed by atoms with Crippen molar-refractivity contribution in [2.75, 3.05) is 19.0 Å². The number of aromatic nitrogens is 1. The molecule has 0 saturated carbocycles. The Morgan fingerprint density at radius 2 is 2.04 bits per heavy atom. The zero-order valence-corrected chi connectivity index (χ0v) is 15.3. The molecular weight excluding hydrogens is 388 g/mol. The zero-order valence-electron chi connectivity index (χ0n) is 14.5.